The van der Waals surface area contributed by atoms with Crippen LogP contribution in [0.1, 0.15) is 42.0 Å². The van der Waals surface area contributed by atoms with Gasteiger partial charge >= 0.3 is 0 Å². The predicted molar refractivity (Wildman–Crippen MR) is 151 cm³/mol. The maximum absolute atomic E-state index is 13.6. The Morgan fingerprint density at radius 2 is 1.59 bits per heavy atom. The smallest absolute Gasteiger partial charge is 0.264 e. The van der Waals surface area contributed by atoms with Crippen LogP contribution < -0.4 is 14.5 Å². The molecular weight excluding hydrogens is 482 g/mol. The summed E-state index contributed by atoms with van der Waals surface area (Å²) in [6.45, 7) is 10.2. The van der Waals surface area contributed by atoms with E-state index in [-0.39, 0.29) is 17.3 Å². The molecule has 1 heterocycles. The van der Waals surface area contributed by atoms with E-state index in [2.05, 4.69) is 29.3 Å². The topological polar surface area (TPSA) is 69.7 Å². The molecule has 1 fully saturated rings. The van der Waals surface area contributed by atoms with Crippen LogP contribution in [0.25, 0.3) is 0 Å². The van der Waals surface area contributed by atoms with Crippen LogP contribution in [-0.4, -0.2) is 34.0 Å². The Morgan fingerprint density at radius 1 is 0.946 bits per heavy atom. The molecule has 0 radical (unpaired) electrons. The normalized spacial score (nSPS) is 15.9. The number of hydrogen-bond acceptors (Lipinski definition) is 4. The first-order valence-electron chi connectivity index (χ1n) is 12.9. The van der Waals surface area contributed by atoms with Crippen molar-refractivity contribution in [3.63, 3.8) is 0 Å². The van der Waals surface area contributed by atoms with Crippen molar-refractivity contribution in [2.45, 2.75) is 52.0 Å². The summed E-state index contributed by atoms with van der Waals surface area (Å²) in [5.41, 5.74) is 5.49. The molecule has 1 amide bonds. The zero-order chi connectivity index (χ0) is 26.6. The van der Waals surface area contributed by atoms with Gasteiger partial charge in [-0.25, -0.2) is 8.42 Å². The Balaban J connectivity index is 1.48. The minimum absolute atomic E-state index is 0.160. The number of piperidine rings is 1. The summed E-state index contributed by atoms with van der Waals surface area (Å²) in [5.74, 6) is 0.341. The van der Waals surface area contributed by atoms with Gasteiger partial charge in [-0.05, 0) is 92.6 Å². The van der Waals surface area contributed by atoms with Crippen molar-refractivity contribution >= 4 is 27.3 Å². The van der Waals surface area contributed by atoms with Crippen molar-refractivity contribution < 1.29 is 13.2 Å². The fraction of sp³-hybridized carbons (Fsp3) is 0.367. The number of rotatable bonds is 8. The van der Waals surface area contributed by atoms with E-state index >= 15 is 0 Å². The van der Waals surface area contributed by atoms with Gasteiger partial charge < -0.3 is 10.2 Å². The van der Waals surface area contributed by atoms with Crippen LogP contribution in [0.3, 0.4) is 0 Å². The van der Waals surface area contributed by atoms with Crippen molar-refractivity contribution in [1.29, 1.82) is 0 Å². The Labute approximate surface area is 221 Å². The molecule has 0 aromatic heterocycles. The van der Waals surface area contributed by atoms with E-state index in [1.807, 2.05) is 39.0 Å². The molecular formula is C30H37N3O3S. The first-order chi connectivity index (χ1) is 17.6. The fourth-order valence-corrected chi connectivity index (χ4v) is 6.29. The minimum Gasteiger partial charge on any atom is -0.371 e. The molecule has 37 heavy (non-hydrogen) atoms. The summed E-state index contributed by atoms with van der Waals surface area (Å²) in [7, 11) is -3.94. The van der Waals surface area contributed by atoms with Crippen LogP contribution in [0.2, 0.25) is 0 Å². The SMILES string of the molecule is Cc1ccc(S(=O)(=O)N(CC(=O)NCc2ccc(N3CCCC(C)C3)cc2)c2cc(C)cc(C)c2)cc1. The highest BCUT2D eigenvalue weighted by Crippen LogP contribution is 2.26. The lowest BCUT2D eigenvalue weighted by atomic mass is 9.99. The van der Waals surface area contributed by atoms with Gasteiger partial charge in [0.2, 0.25) is 5.91 Å². The molecule has 196 valence electrons. The monoisotopic (exact) mass is 519 g/mol. The van der Waals surface area contributed by atoms with Crippen molar-refractivity contribution in [3.05, 3.63) is 89.0 Å². The lowest BCUT2D eigenvalue weighted by Crippen LogP contribution is -2.40. The standard InChI is InChI=1S/C30H37N3O3S/c1-22-7-13-29(14-8-22)37(35,36)33(28-17-24(3)16-25(4)18-28)21-30(34)31-19-26-9-11-27(12-10-26)32-15-5-6-23(2)20-32/h7-14,16-18,23H,5-6,15,19-21H2,1-4H3,(H,31,34). The number of nitrogens with zero attached hydrogens (tertiary/aromatic N) is 2. The molecule has 1 N–H and O–H groups in total. The van der Waals surface area contributed by atoms with Gasteiger partial charge in [-0.1, -0.05) is 42.8 Å². The molecule has 0 spiro atoms. The molecule has 4 rings (SSSR count). The van der Waals surface area contributed by atoms with Crippen LogP contribution in [0, 0.1) is 26.7 Å². The molecule has 3 aromatic rings. The number of hydrogen-bond donors (Lipinski definition) is 1. The van der Waals surface area contributed by atoms with Crippen molar-refractivity contribution in [3.8, 4) is 0 Å². The van der Waals surface area contributed by atoms with Gasteiger partial charge in [0, 0.05) is 25.3 Å². The predicted octanol–water partition coefficient (Wildman–Crippen LogP) is 5.36. The van der Waals surface area contributed by atoms with Gasteiger partial charge in [-0.2, -0.15) is 0 Å². The number of carbonyl (C=O) groups is 1. The van der Waals surface area contributed by atoms with Crippen molar-refractivity contribution in [1.82, 2.24) is 5.32 Å². The summed E-state index contributed by atoms with van der Waals surface area (Å²) >= 11 is 0. The third kappa shape index (κ3) is 6.72. The Morgan fingerprint density at radius 3 is 2.22 bits per heavy atom. The second-order valence-electron chi connectivity index (χ2n) is 10.3. The quantitative estimate of drug-likeness (QED) is 0.435. The molecule has 1 aliphatic rings. The fourth-order valence-electron chi connectivity index (χ4n) is 4.88. The number of carbonyl (C=O) groups excluding carboxylic acids is 1. The molecule has 0 bridgehead atoms. The average molecular weight is 520 g/mol. The molecule has 1 aliphatic heterocycles. The molecule has 0 aliphatic carbocycles. The van der Waals surface area contributed by atoms with Crippen molar-refractivity contribution in [2.24, 2.45) is 5.92 Å². The number of benzene rings is 3. The van der Waals surface area contributed by atoms with Crippen LogP contribution in [0.15, 0.2) is 71.6 Å². The largest absolute Gasteiger partial charge is 0.371 e. The Hall–Kier alpha value is -3.32. The molecule has 1 atom stereocenters. The molecule has 1 unspecified atom stereocenters. The lowest BCUT2D eigenvalue weighted by Gasteiger charge is -2.32. The Kier molecular flexibility index (Phi) is 8.22. The van der Waals surface area contributed by atoms with Gasteiger partial charge in [0.1, 0.15) is 6.54 Å². The summed E-state index contributed by atoms with van der Waals surface area (Å²) in [6, 6.07) is 20.5. The average Bonchev–Trinajstić information content (AvgIpc) is 2.86. The first kappa shape index (κ1) is 26.7. The highest BCUT2D eigenvalue weighted by Gasteiger charge is 2.27. The summed E-state index contributed by atoms with van der Waals surface area (Å²) in [5, 5.41) is 2.91. The van der Waals surface area contributed by atoms with Gasteiger partial charge in [0.05, 0.1) is 10.6 Å². The highest BCUT2D eigenvalue weighted by atomic mass is 32.2. The van der Waals surface area contributed by atoms with Crippen molar-refractivity contribution in [2.75, 3.05) is 28.8 Å². The van der Waals surface area contributed by atoms with Gasteiger partial charge in [-0.3, -0.25) is 9.10 Å². The van der Waals surface area contributed by atoms with Crippen LogP contribution >= 0.6 is 0 Å². The van der Waals surface area contributed by atoms with E-state index < -0.39 is 10.0 Å². The minimum atomic E-state index is -3.94. The molecule has 7 heteroatoms. The highest BCUT2D eigenvalue weighted by molar-refractivity contribution is 7.92. The van der Waals surface area contributed by atoms with E-state index in [1.54, 1.807) is 36.4 Å². The zero-order valence-electron chi connectivity index (χ0n) is 22.2. The van der Waals surface area contributed by atoms with Gasteiger partial charge in [0.25, 0.3) is 10.0 Å². The van der Waals surface area contributed by atoms with Crippen LogP contribution in [0.5, 0.6) is 0 Å². The number of aryl methyl sites for hydroxylation is 3. The molecule has 3 aromatic carbocycles. The lowest BCUT2D eigenvalue weighted by molar-refractivity contribution is -0.119. The maximum Gasteiger partial charge on any atom is 0.264 e. The first-order valence-corrected chi connectivity index (χ1v) is 14.3. The van der Waals surface area contributed by atoms with E-state index in [4.69, 9.17) is 0 Å². The van der Waals surface area contributed by atoms with Crippen LogP contribution in [-0.2, 0) is 21.4 Å². The Bertz CT molecular complexity index is 1320. The van der Waals surface area contributed by atoms with E-state index in [0.29, 0.717) is 18.2 Å². The van der Waals surface area contributed by atoms with E-state index in [1.165, 1.54) is 22.8 Å². The summed E-state index contributed by atoms with van der Waals surface area (Å²) in [6.07, 6.45) is 2.49. The van der Waals surface area contributed by atoms with E-state index in [0.717, 1.165) is 35.3 Å². The second kappa shape index (κ2) is 11.4. The number of nitrogens with one attached hydrogen (secondary N) is 1. The number of anilines is 2. The third-order valence-electron chi connectivity index (χ3n) is 6.84. The summed E-state index contributed by atoms with van der Waals surface area (Å²) in [4.78, 5) is 15.6. The second-order valence-corrected chi connectivity index (χ2v) is 12.2. The number of amides is 1. The third-order valence-corrected chi connectivity index (χ3v) is 8.63. The molecule has 6 nitrogen and oxygen atoms in total. The zero-order valence-corrected chi connectivity index (χ0v) is 23.0. The van der Waals surface area contributed by atoms with Gasteiger partial charge in [0.15, 0.2) is 0 Å². The van der Waals surface area contributed by atoms with E-state index in [9.17, 15) is 13.2 Å². The molecule has 0 saturated carbocycles. The van der Waals surface area contributed by atoms with Crippen LogP contribution in [0.4, 0.5) is 11.4 Å². The molecule has 1 saturated heterocycles. The number of sulfonamides is 1. The maximum atomic E-state index is 13.6. The van der Waals surface area contributed by atoms with Gasteiger partial charge in [-0.15, -0.1) is 0 Å². The summed E-state index contributed by atoms with van der Waals surface area (Å²) < 4.78 is 28.5.